The smallest absolute Gasteiger partial charge is 0.348 e. The number of esters is 2. The van der Waals surface area contributed by atoms with Gasteiger partial charge in [0.15, 0.2) is 5.11 Å². The Morgan fingerprint density at radius 3 is 2.37 bits per heavy atom. The Morgan fingerprint density at radius 1 is 1.11 bits per heavy atom. The van der Waals surface area contributed by atoms with Crippen LogP contribution in [0, 0.1) is 13.8 Å². The Morgan fingerprint density at radius 2 is 1.78 bits per heavy atom. The van der Waals surface area contributed by atoms with Gasteiger partial charge in [0.1, 0.15) is 15.7 Å². The number of hydrogen-bond acceptors (Lipinski definition) is 7. The molecular formula is C18H21N3O4S2. The summed E-state index contributed by atoms with van der Waals surface area (Å²) in [6.07, 6.45) is 1.71. The number of nitrogens with zero attached hydrogens (tertiary/aromatic N) is 1. The standard InChI is InChI=1S/C18H21N3O4S2/c1-5-24-16(22)13-11(4)14(17(23)25-6-2)27-15(13)21-18(26)20-12-8-7-10(3)9-19-12/h7-9H,5-6H2,1-4H3,(H2,19,20,21,26). The number of aromatic nitrogens is 1. The van der Waals surface area contributed by atoms with E-state index in [1.165, 1.54) is 0 Å². The van der Waals surface area contributed by atoms with Gasteiger partial charge in [-0.05, 0) is 57.1 Å². The molecule has 0 fully saturated rings. The van der Waals surface area contributed by atoms with Crippen LogP contribution in [0.1, 0.15) is 45.0 Å². The van der Waals surface area contributed by atoms with Crippen LogP contribution in [-0.4, -0.2) is 35.2 Å². The van der Waals surface area contributed by atoms with Crippen LogP contribution in [-0.2, 0) is 9.47 Å². The number of carbonyl (C=O) groups is 2. The van der Waals surface area contributed by atoms with Crippen LogP contribution in [0.25, 0.3) is 0 Å². The first kappa shape index (κ1) is 20.8. The van der Waals surface area contributed by atoms with Gasteiger partial charge in [-0.15, -0.1) is 11.3 Å². The minimum absolute atomic E-state index is 0.221. The lowest BCUT2D eigenvalue weighted by Gasteiger charge is -2.10. The van der Waals surface area contributed by atoms with Crippen molar-refractivity contribution in [3.8, 4) is 0 Å². The Bertz CT molecular complexity index is 847. The fourth-order valence-electron chi connectivity index (χ4n) is 2.23. The molecule has 0 spiro atoms. The summed E-state index contributed by atoms with van der Waals surface area (Å²) in [5.41, 5.74) is 1.79. The molecule has 0 atom stereocenters. The summed E-state index contributed by atoms with van der Waals surface area (Å²) in [6, 6.07) is 3.69. The Labute approximate surface area is 167 Å². The van der Waals surface area contributed by atoms with Crippen molar-refractivity contribution >= 4 is 51.4 Å². The molecule has 144 valence electrons. The highest BCUT2D eigenvalue weighted by molar-refractivity contribution is 7.80. The summed E-state index contributed by atoms with van der Waals surface area (Å²) < 4.78 is 10.2. The first-order valence-electron chi connectivity index (χ1n) is 8.35. The molecule has 0 saturated carbocycles. The zero-order valence-electron chi connectivity index (χ0n) is 15.5. The van der Waals surface area contributed by atoms with Crippen molar-refractivity contribution in [1.29, 1.82) is 0 Å². The molecule has 0 aliphatic rings. The maximum atomic E-state index is 12.4. The summed E-state index contributed by atoms with van der Waals surface area (Å²) in [4.78, 5) is 29.1. The van der Waals surface area contributed by atoms with E-state index in [1.54, 1.807) is 33.0 Å². The molecule has 27 heavy (non-hydrogen) atoms. The lowest BCUT2D eigenvalue weighted by Crippen LogP contribution is -2.20. The van der Waals surface area contributed by atoms with Crippen molar-refractivity contribution in [2.45, 2.75) is 27.7 Å². The molecule has 0 aromatic carbocycles. The van der Waals surface area contributed by atoms with Crippen LogP contribution in [0.4, 0.5) is 10.8 Å². The second kappa shape index (κ2) is 9.43. The molecular weight excluding hydrogens is 386 g/mol. The molecule has 9 heteroatoms. The quantitative estimate of drug-likeness (QED) is 0.550. The van der Waals surface area contributed by atoms with Gasteiger partial charge in [0.25, 0.3) is 0 Å². The second-order valence-electron chi connectivity index (χ2n) is 5.50. The molecule has 7 nitrogen and oxygen atoms in total. The van der Waals surface area contributed by atoms with Crippen LogP contribution in [0.5, 0.6) is 0 Å². The third-order valence-corrected chi connectivity index (χ3v) is 4.86. The van der Waals surface area contributed by atoms with Crippen molar-refractivity contribution in [1.82, 2.24) is 4.98 Å². The predicted molar refractivity (Wildman–Crippen MR) is 110 cm³/mol. The number of carbonyl (C=O) groups excluding carboxylic acids is 2. The SMILES string of the molecule is CCOC(=O)c1sc(NC(=S)Nc2ccc(C)cn2)c(C(=O)OCC)c1C. The van der Waals surface area contributed by atoms with Gasteiger partial charge in [0, 0.05) is 6.20 Å². The topological polar surface area (TPSA) is 89.5 Å². The molecule has 0 amide bonds. The maximum absolute atomic E-state index is 12.4. The Balaban J connectivity index is 2.28. The van der Waals surface area contributed by atoms with E-state index in [9.17, 15) is 9.59 Å². The van der Waals surface area contributed by atoms with Crippen LogP contribution in [0.15, 0.2) is 18.3 Å². The average molecular weight is 408 g/mol. The molecule has 2 N–H and O–H groups in total. The molecule has 2 rings (SSSR count). The summed E-state index contributed by atoms with van der Waals surface area (Å²) in [7, 11) is 0. The number of nitrogens with one attached hydrogen (secondary N) is 2. The Hall–Kier alpha value is -2.52. The van der Waals surface area contributed by atoms with Gasteiger partial charge in [-0.1, -0.05) is 6.07 Å². The number of ether oxygens (including phenoxy) is 2. The monoisotopic (exact) mass is 407 g/mol. The van der Waals surface area contributed by atoms with Crippen molar-refractivity contribution in [3.05, 3.63) is 39.9 Å². The van der Waals surface area contributed by atoms with E-state index < -0.39 is 11.9 Å². The molecule has 0 radical (unpaired) electrons. The summed E-state index contributed by atoms with van der Waals surface area (Å²) in [5.74, 6) is -0.451. The number of anilines is 2. The second-order valence-corrected chi connectivity index (χ2v) is 6.93. The molecule has 0 unspecified atom stereocenters. The predicted octanol–water partition coefficient (Wildman–Crippen LogP) is 3.92. The maximum Gasteiger partial charge on any atom is 0.348 e. The molecule has 2 aromatic heterocycles. The zero-order valence-corrected chi connectivity index (χ0v) is 17.2. The molecule has 0 aliphatic carbocycles. The number of thiocarbonyl (C=S) groups is 1. The highest BCUT2D eigenvalue weighted by atomic mass is 32.1. The first-order chi connectivity index (χ1) is 12.9. The van der Waals surface area contributed by atoms with Crippen molar-refractivity contribution in [2.24, 2.45) is 0 Å². The molecule has 2 heterocycles. The summed E-state index contributed by atoms with van der Waals surface area (Å²) in [6.45, 7) is 7.52. The van der Waals surface area contributed by atoms with Crippen LogP contribution in [0.3, 0.4) is 0 Å². The number of aryl methyl sites for hydroxylation is 1. The van der Waals surface area contributed by atoms with E-state index in [4.69, 9.17) is 21.7 Å². The van der Waals surface area contributed by atoms with Crippen molar-refractivity contribution in [3.63, 3.8) is 0 Å². The van der Waals surface area contributed by atoms with E-state index >= 15 is 0 Å². The number of hydrogen-bond donors (Lipinski definition) is 2. The minimum Gasteiger partial charge on any atom is -0.462 e. The third-order valence-electron chi connectivity index (χ3n) is 3.47. The van der Waals surface area contributed by atoms with Crippen molar-refractivity contribution in [2.75, 3.05) is 23.8 Å². The number of pyridine rings is 1. The molecule has 0 saturated heterocycles. The number of thiophene rings is 1. The fourth-order valence-corrected chi connectivity index (χ4v) is 3.60. The van der Waals surface area contributed by atoms with Crippen LogP contribution in [0.2, 0.25) is 0 Å². The van der Waals surface area contributed by atoms with Crippen LogP contribution >= 0.6 is 23.6 Å². The van der Waals surface area contributed by atoms with E-state index in [0.29, 0.717) is 21.3 Å². The zero-order chi connectivity index (χ0) is 20.0. The van der Waals surface area contributed by atoms with E-state index in [-0.39, 0.29) is 23.9 Å². The third kappa shape index (κ3) is 5.24. The average Bonchev–Trinajstić information content (AvgIpc) is 2.93. The van der Waals surface area contributed by atoms with E-state index in [1.807, 2.05) is 13.0 Å². The summed E-state index contributed by atoms with van der Waals surface area (Å²) in [5, 5.41) is 6.57. The molecule has 2 aromatic rings. The van der Waals surface area contributed by atoms with E-state index in [2.05, 4.69) is 15.6 Å². The lowest BCUT2D eigenvalue weighted by atomic mass is 10.1. The molecule has 0 bridgehead atoms. The van der Waals surface area contributed by atoms with Gasteiger partial charge < -0.3 is 20.1 Å². The van der Waals surface area contributed by atoms with Gasteiger partial charge in [-0.25, -0.2) is 14.6 Å². The Kier molecular flexibility index (Phi) is 7.26. The summed E-state index contributed by atoms with van der Waals surface area (Å²) >= 11 is 6.40. The fraction of sp³-hybridized carbons (Fsp3) is 0.333. The lowest BCUT2D eigenvalue weighted by molar-refractivity contribution is 0.0527. The normalized spacial score (nSPS) is 10.2. The largest absolute Gasteiger partial charge is 0.462 e. The van der Waals surface area contributed by atoms with Gasteiger partial charge in [-0.2, -0.15) is 0 Å². The van der Waals surface area contributed by atoms with Gasteiger partial charge >= 0.3 is 11.9 Å². The van der Waals surface area contributed by atoms with Crippen molar-refractivity contribution < 1.29 is 19.1 Å². The van der Waals surface area contributed by atoms with Crippen LogP contribution < -0.4 is 10.6 Å². The highest BCUT2D eigenvalue weighted by Crippen LogP contribution is 2.34. The highest BCUT2D eigenvalue weighted by Gasteiger charge is 2.26. The van der Waals surface area contributed by atoms with Gasteiger partial charge in [-0.3, -0.25) is 0 Å². The first-order valence-corrected chi connectivity index (χ1v) is 9.58. The van der Waals surface area contributed by atoms with Gasteiger partial charge in [0.05, 0.1) is 18.8 Å². The van der Waals surface area contributed by atoms with E-state index in [0.717, 1.165) is 16.9 Å². The minimum atomic E-state index is -0.527. The van der Waals surface area contributed by atoms with Gasteiger partial charge in [0.2, 0.25) is 0 Å². The number of rotatable bonds is 6. The molecule has 0 aliphatic heterocycles.